The van der Waals surface area contributed by atoms with Crippen LogP contribution in [0.3, 0.4) is 0 Å². The van der Waals surface area contributed by atoms with Crippen LogP contribution in [-0.2, 0) is 0 Å². The molecule has 0 radical (unpaired) electrons. The van der Waals surface area contributed by atoms with Crippen molar-refractivity contribution >= 4 is 23.4 Å². The van der Waals surface area contributed by atoms with Crippen LogP contribution in [0.5, 0.6) is 0 Å². The number of rotatable bonds is 3. The van der Waals surface area contributed by atoms with Crippen LogP contribution in [0.2, 0.25) is 5.02 Å². The Hall–Kier alpha value is -1.00. The molecular weight excluding hydrogens is 271 g/mol. The molecule has 1 aromatic carbocycles. The third-order valence-electron chi connectivity index (χ3n) is 2.71. The number of aromatic amines is 1. The van der Waals surface area contributed by atoms with Gasteiger partial charge in [0.05, 0.1) is 5.56 Å². The van der Waals surface area contributed by atoms with Crippen LogP contribution < -0.4 is 4.68 Å². The average Bonchev–Trinajstić information content (AvgIpc) is 2.68. The van der Waals surface area contributed by atoms with E-state index in [1.165, 1.54) is 12.1 Å². The number of hydrogen-bond donors (Lipinski definition) is 1. The summed E-state index contributed by atoms with van der Waals surface area (Å²) in [5, 5.41) is 4.87. The maximum Gasteiger partial charge on any atom is 0.258 e. The normalized spacial score (nSPS) is 11.2. The fraction of sp³-hybridized carbons (Fsp3) is 0.308. The highest BCUT2D eigenvalue weighted by atomic mass is 35.5. The van der Waals surface area contributed by atoms with E-state index in [1.54, 1.807) is 23.9 Å². The predicted octanol–water partition coefficient (Wildman–Crippen LogP) is 4.06. The van der Waals surface area contributed by atoms with Crippen molar-refractivity contribution in [1.82, 2.24) is 5.10 Å². The summed E-state index contributed by atoms with van der Waals surface area (Å²) in [5.74, 6) is -0.244. The molecule has 0 aliphatic carbocycles. The van der Waals surface area contributed by atoms with Gasteiger partial charge in [-0.1, -0.05) is 11.6 Å². The molecule has 2 rings (SSSR count). The van der Waals surface area contributed by atoms with Gasteiger partial charge in [-0.3, -0.25) is 0 Å². The molecule has 1 heterocycles. The van der Waals surface area contributed by atoms with Gasteiger partial charge in [-0.15, -0.1) is 16.4 Å². The van der Waals surface area contributed by atoms with Gasteiger partial charge in [0, 0.05) is 0 Å². The highest BCUT2D eigenvalue weighted by Gasteiger charge is 2.27. The third kappa shape index (κ3) is 2.40. The van der Waals surface area contributed by atoms with E-state index in [2.05, 4.69) is 18.9 Å². The molecular formula is C13H15ClFN2S+. The number of aromatic nitrogens is 2. The SMILES string of the molecule is CSc1[nH][n+](C(C)C)c(-c2ccc(F)cc2)c1Cl. The lowest BCUT2D eigenvalue weighted by atomic mass is 10.1. The lowest BCUT2D eigenvalue weighted by Gasteiger charge is -2.01. The van der Waals surface area contributed by atoms with Gasteiger partial charge < -0.3 is 0 Å². The lowest BCUT2D eigenvalue weighted by molar-refractivity contribution is -0.760. The smallest absolute Gasteiger partial charge is 0.207 e. The zero-order valence-electron chi connectivity index (χ0n) is 10.5. The Kier molecular flexibility index (Phi) is 3.97. The Labute approximate surface area is 115 Å². The van der Waals surface area contributed by atoms with Gasteiger partial charge in [0.1, 0.15) is 5.82 Å². The van der Waals surface area contributed by atoms with Crippen LogP contribution in [-0.4, -0.2) is 11.4 Å². The fourth-order valence-corrected chi connectivity index (χ4v) is 2.76. The zero-order valence-corrected chi connectivity index (χ0v) is 12.1. The second-order valence-electron chi connectivity index (χ2n) is 4.28. The first kappa shape index (κ1) is 13.4. The lowest BCUT2D eigenvalue weighted by Crippen LogP contribution is -2.40. The van der Waals surface area contributed by atoms with Gasteiger partial charge in [0.25, 0.3) is 5.69 Å². The number of nitrogens with zero attached hydrogens (tertiary/aromatic N) is 1. The van der Waals surface area contributed by atoms with E-state index in [9.17, 15) is 4.39 Å². The molecule has 96 valence electrons. The standard InChI is InChI=1S/C13H14ClFN2S/c1-8(2)17-12(11(14)13(16-17)18-3)9-4-6-10(15)7-5-9/h4-8H,1-3H3/p+1. The minimum absolute atomic E-state index is 0.244. The number of benzene rings is 1. The minimum Gasteiger partial charge on any atom is -0.207 e. The highest BCUT2D eigenvalue weighted by molar-refractivity contribution is 7.98. The largest absolute Gasteiger partial charge is 0.258 e. The molecule has 0 spiro atoms. The molecule has 2 aromatic rings. The molecule has 0 fully saturated rings. The van der Waals surface area contributed by atoms with Crippen LogP contribution in [0.4, 0.5) is 4.39 Å². The van der Waals surface area contributed by atoms with Crippen molar-refractivity contribution in [2.24, 2.45) is 0 Å². The maximum absolute atomic E-state index is 13.0. The van der Waals surface area contributed by atoms with Crippen LogP contribution in [0.1, 0.15) is 19.9 Å². The van der Waals surface area contributed by atoms with Crippen LogP contribution in [0.25, 0.3) is 11.3 Å². The van der Waals surface area contributed by atoms with Gasteiger partial charge in [-0.05, 0) is 44.4 Å². The second-order valence-corrected chi connectivity index (χ2v) is 5.47. The first-order valence-electron chi connectivity index (χ1n) is 5.67. The summed E-state index contributed by atoms with van der Waals surface area (Å²) in [4.78, 5) is 0. The Morgan fingerprint density at radius 3 is 2.39 bits per heavy atom. The molecule has 5 heteroatoms. The molecule has 0 amide bonds. The molecule has 18 heavy (non-hydrogen) atoms. The molecule has 0 aliphatic heterocycles. The number of H-pyrrole nitrogens is 1. The van der Waals surface area contributed by atoms with Gasteiger partial charge in [-0.2, -0.15) is 5.10 Å². The van der Waals surface area contributed by atoms with Crippen molar-refractivity contribution < 1.29 is 9.07 Å². The van der Waals surface area contributed by atoms with Crippen molar-refractivity contribution in [3.8, 4) is 11.3 Å². The van der Waals surface area contributed by atoms with E-state index >= 15 is 0 Å². The molecule has 0 saturated heterocycles. The summed E-state index contributed by atoms with van der Waals surface area (Å²) in [5.41, 5.74) is 1.81. The highest BCUT2D eigenvalue weighted by Crippen LogP contribution is 2.32. The summed E-state index contributed by atoms with van der Waals surface area (Å²) in [7, 11) is 0. The van der Waals surface area contributed by atoms with Crippen LogP contribution >= 0.6 is 23.4 Å². The van der Waals surface area contributed by atoms with Gasteiger partial charge in [-0.25, -0.2) is 4.39 Å². The molecule has 0 unspecified atom stereocenters. The molecule has 0 aliphatic rings. The zero-order chi connectivity index (χ0) is 13.3. The second kappa shape index (κ2) is 5.33. The monoisotopic (exact) mass is 285 g/mol. The quantitative estimate of drug-likeness (QED) is 0.666. The predicted molar refractivity (Wildman–Crippen MR) is 73.6 cm³/mol. The first-order chi connectivity index (χ1) is 8.54. The van der Waals surface area contributed by atoms with Gasteiger partial charge in [0.15, 0.2) is 16.1 Å². The summed E-state index contributed by atoms with van der Waals surface area (Å²) in [6.45, 7) is 4.15. The number of halogens is 2. The van der Waals surface area contributed by atoms with E-state index in [1.807, 2.05) is 10.9 Å². The third-order valence-corrected chi connectivity index (χ3v) is 3.89. The Morgan fingerprint density at radius 2 is 1.89 bits per heavy atom. The molecule has 1 aromatic heterocycles. The van der Waals surface area contributed by atoms with Gasteiger partial charge in [0.2, 0.25) is 0 Å². The summed E-state index contributed by atoms with van der Waals surface area (Å²) < 4.78 is 15.0. The minimum atomic E-state index is -0.244. The molecule has 2 nitrogen and oxygen atoms in total. The Balaban J connectivity index is 2.61. The van der Waals surface area contributed by atoms with E-state index in [4.69, 9.17) is 11.6 Å². The first-order valence-corrected chi connectivity index (χ1v) is 7.27. The Bertz CT molecular complexity index is 549. The number of nitrogens with one attached hydrogen (secondary N) is 1. The van der Waals surface area contributed by atoms with Crippen LogP contribution in [0.15, 0.2) is 29.3 Å². The van der Waals surface area contributed by atoms with Crippen molar-refractivity contribution in [3.05, 3.63) is 35.1 Å². The Morgan fingerprint density at radius 1 is 1.28 bits per heavy atom. The molecule has 0 atom stereocenters. The van der Waals surface area contributed by atoms with E-state index in [0.29, 0.717) is 5.02 Å². The fourth-order valence-electron chi connectivity index (χ4n) is 1.82. The molecule has 0 bridgehead atoms. The van der Waals surface area contributed by atoms with Crippen molar-refractivity contribution in [1.29, 1.82) is 0 Å². The molecule has 1 N–H and O–H groups in total. The number of thioether (sulfide) groups is 1. The average molecular weight is 286 g/mol. The van der Waals surface area contributed by atoms with Crippen molar-refractivity contribution in [3.63, 3.8) is 0 Å². The topological polar surface area (TPSA) is 19.7 Å². The summed E-state index contributed by atoms with van der Waals surface area (Å²) in [6, 6.07) is 6.63. The van der Waals surface area contributed by atoms with Crippen molar-refractivity contribution in [2.45, 2.75) is 24.9 Å². The van der Waals surface area contributed by atoms with E-state index in [-0.39, 0.29) is 11.9 Å². The summed E-state index contributed by atoms with van der Waals surface area (Å²) in [6.07, 6.45) is 1.97. The van der Waals surface area contributed by atoms with Crippen LogP contribution in [0, 0.1) is 5.82 Å². The number of hydrogen-bond acceptors (Lipinski definition) is 1. The van der Waals surface area contributed by atoms with E-state index in [0.717, 1.165) is 16.3 Å². The molecule has 0 saturated carbocycles. The summed E-state index contributed by atoms with van der Waals surface area (Å²) >= 11 is 7.94. The van der Waals surface area contributed by atoms with Crippen molar-refractivity contribution in [2.75, 3.05) is 6.26 Å². The van der Waals surface area contributed by atoms with E-state index < -0.39 is 0 Å². The van der Waals surface area contributed by atoms with Gasteiger partial charge >= 0.3 is 0 Å². The maximum atomic E-state index is 13.0.